The van der Waals surface area contributed by atoms with E-state index >= 15 is 0 Å². The fourth-order valence-electron chi connectivity index (χ4n) is 3.09. The molecule has 0 unspecified atom stereocenters. The van der Waals surface area contributed by atoms with E-state index in [1.807, 2.05) is 66.7 Å². The lowest BCUT2D eigenvalue weighted by molar-refractivity contribution is 0.517. The van der Waals surface area contributed by atoms with Gasteiger partial charge in [-0.1, -0.05) is 29.8 Å². The monoisotopic (exact) mass is 416 g/mol. The summed E-state index contributed by atoms with van der Waals surface area (Å²) in [5.41, 5.74) is 2.47. The van der Waals surface area contributed by atoms with E-state index in [1.54, 1.807) is 17.1 Å². The van der Waals surface area contributed by atoms with Crippen LogP contribution in [0.5, 0.6) is 0 Å². The van der Waals surface area contributed by atoms with Gasteiger partial charge in [0.2, 0.25) is 5.95 Å². The second-order valence-electron chi connectivity index (χ2n) is 6.59. The van der Waals surface area contributed by atoms with Gasteiger partial charge in [-0.25, -0.2) is 4.68 Å². The Morgan fingerprint density at radius 3 is 2.53 bits per heavy atom. The number of nitrogens with one attached hydrogen (secondary N) is 2. The van der Waals surface area contributed by atoms with Crippen LogP contribution in [0.4, 0.5) is 17.5 Å². The molecule has 8 heteroatoms. The molecule has 30 heavy (non-hydrogen) atoms. The number of fused-ring (bicyclic) bond motifs is 1. The molecular weight excluding hydrogens is 400 g/mol. The van der Waals surface area contributed by atoms with E-state index in [1.165, 1.54) is 0 Å². The van der Waals surface area contributed by atoms with Crippen molar-refractivity contribution in [3.63, 3.8) is 0 Å². The van der Waals surface area contributed by atoms with Crippen molar-refractivity contribution in [1.82, 2.24) is 19.7 Å². The highest BCUT2D eigenvalue weighted by atomic mass is 35.5. The van der Waals surface area contributed by atoms with E-state index in [0.29, 0.717) is 29.0 Å². The Balaban J connectivity index is 1.57. The van der Waals surface area contributed by atoms with Crippen LogP contribution in [0.2, 0.25) is 5.02 Å². The van der Waals surface area contributed by atoms with Crippen LogP contribution in [0.3, 0.4) is 0 Å². The first-order valence-corrected chi connectivity index (χ1v) is 9.74. The van der Waals surface area contributed by atoms with Crippen molar-refractivity contribution in [2.75, 3.05) is 10.6 Å². The molecule has 2 N–H and O–H groups in total. The Bertz CT molecular complexity index is 1270. The number of para-hydroxylation sites is 1. The molecular formula is C22H17ClN6O. The summed E-state index contributed by atoms with van der Waals surface area (Å²) >= 11 is 6.01. The molecule has 0 amide bonds. The first kappa shape index (κ1) is 18.2. The molecule has 5 aromatic rings. The van der Waals surface area contributed by atoms with Gasteiger partial charge in [-0.3, -0.25) is 0 Å². The van der Waals surface area contributed by atoms with Gasteiger partial charge in [0, 0.05) is 10.7 Å². The Morgan fingerprint density at radius 1 is 0.933 bits per heavy atom. The highest BCUT2D eigenvalue weighted by Gasteiger charge is 2.15. The third-order valence-corrected chi connectivity index (χ3v) is 4.79. The SMILES string of the molecule is Clc1ccc(Nc2nc(NCc3ccco3)nc3c2cnn3-c2ccccc2)cc1. The molecule has 0 atom stereocenters. The van der Waals surface area contributed by atoms with Crippen LogP contribution in [0.1, 0.15) is 5.76 Å². The minimum Gasteiger partial charge on any atom is -0.467 e. The van der Waals surface area contributed by atoms with Gasteiger partial charge in [0.15, 0.2) is 5.65 Å². The Labute approximate surface area is 177 Å². The summed E-state index contributed by atoms with van der Waals surface area (Å²) in [7, 11) is 0. The summed E-state index contributed by atoms with van der Waals surface area (Å²) in [6, 6.07) is 21.0. The number of anilines is 3. The summed E-state index contributed by atoms with van der Waals surface area (Å²) < 4.78 is 7.19. The lowest BCUT2D eigenvalue weighted by Crippen LogP contribution is -2.07. The maximum atomic E-state index is 6.01. The Kier molecular flexibility index (Phi) is 4.78. The lowest BCUT2D eigenvalue weighted by Gasteiger charge is -2.11. The summed E-state index contributed by atoms with van der Waals surface area (Å²) in [6.07, 6.45) is 3.40. The number of halogens is 1. The van der Waals surface area contributed by atoms with Gasteiger partial charge < -0.3 is 15.1 Å². The zero-order valence-corrected chi connectivity index (χ0v) is 16.5. The van der Waals surface area contributed by atoms with Gasteiger partial charge in [-0.2, -0.15) is 15.1 Å². The minimum atomic E-state index is 0.466. The highest BCUT2D eigenvalue weighted by Crippen LogP contribution is 2.27. The predicted octanol–water partition coefficient (Wildman–Crippen LogP) is 5.42. The second-order valence-corrected chi connectivity index (χ2v) is 7.03. The molecule has 0 saturated carbocycles. The first-order valence-electron chi connectivity index (χ1n) is 9.36. The smallest absolute Gasteiger partial charge is 0.227 e. The van der Waals surface area contributed by atoms with Gasteiger partial charge in [0.1, 0.15) is 11.6 Å². The van der Waals surface area contributed by atoms with Crippen molar-refractivity contribution >= 4 is 40.1 Å². The van der Waals surface area contributed by atoms with E-state index in [0.717, 1.165) is 22.5 Å². The average Bonchev–Trinajstić information content (AvgIpc) is 3.44. The van der Waals surface area contributed by atoms with Crippen LogP contribution in [0, 0.1) is 0 Å². The van der Waals surface area contributed by atoms with Crippen LogP contribution in [0.25, 0.3) is 16.7 Å². The molecule has 5 rings (SSSR count). The van der Waals surface area contributed by atoms with Crippen molar-refractivity contribution in [1.29, 1.82) is 0 Å². The molecule has 0 aliphatic heterocycles. The van der Waals surface area contributed by atoms with Crippen molar-refractivity contribution < 1.29 is 4.42 Å². The topological polar surface area (TPSA) is 80.8 Å². The fourth-order valence-corrected chi connectivity index (χ4v) is 3.22. The molecule has 0 saturated heterocycles. The third-order valence-electron chi connectivity index (χ3n) is 4.54. The van der Waals surface area contributed by atoms with E-state index < -0.39 is 0 Å². The number of furan rings is 1. The molecule has 7 nitrogen and oxygen atoms in total. The Morgan fingerprint density at radius 2 is 1.77 bits per heavy atom. The zero-order chi connectivity index (χ0) is 20.3. The lowest BCUT2D eigenvalue weighted by atomic mass is 10.3. The van der Waals surface area contributed by atoms with E-state index in [4.69, 9.17) is 21.0 Å². The van der Waals surface area contributed by atoms with Crippen LogP contribution >= 0.6 is 11.6 Å². The van der Waals surface area contributed by atoms with Gasteiger partial charge in [0.25, 0.3) is 0 Å². The molecule has 3 heterocycles. The molecule has 0 bridgehead atoms. The summed E-state index contributed by atoms with van der Waals surface area (Å²) in [5.74, 6) is 1.90. The quantitative estimate of drug-likeness (QED) is 0.385. The predicted molar refractivity (Wildman–Crippen MR) is 117 cm³/mol. The molecule has 0 spiro atoms. The number of benzene rings is 2. The number of aromatic nitrogens is 4. The third kappa shape index (κ3) is 3.70. The molecule has 0 fully saturated rings. The maximum Gasteiger partial charge on any atom is 0.227 e. The van der Waals surface area contributed by atoms with Crippen LogP contribution in [-0.2, 0) is 6.54 Å². The molecule has 0 aliphatic carbocycles. The van der Waals surface area contributed by atoms with Gasteiger partial charge in [-0.05, 0) is 48.5 Å². The van der Waals surface area contributed by atoms with Crippen molar-refractivity contribution in [2.24, 2.45) is 0 Å². The number of nitrogens with zero attached hydrogens (tertiary/aromatic N) is 4. The van der Waals surface area contributed by atoms with Crippen molar-refractivity contribution in [2.45, 2.75) is 6.54 Å². The fraction of sp³-hybridized carbons (Fsp3) is 0.0455. The average molecular weight is 417 g/mol. The largest absolute Gasteiger partial charge is 0.467 e. The normalized spacial score (nSPS) is 11.0. The number of hydrogen-bond donors (Lipinski definition) is 2. The number of rotatable bonds is 6. The molecule has 2 aromatic carbocycles. The van der Waals surface area contributed by atoms with E-state index in [2.05, 4.69) is 20.7 Å². The number of hydrogen-bond acceptors (Lipinski definition) is 6. The molecule has 3 aromatic heterocycles. The van der Waals surface area contributed by atoms with Crippen LogP contribution in [0.15, 0.2) is 83.6 Å². The van der Waals surface area contributed by atoms with Crippen molar-refractivity contribution in [3.05, 3.63) is 90.0 Å². The minimum absolute atomic E-state index is 0.466. The van der Waals surface area contributed by atoms with Crippen LogP contribution in [-0.4, -0.2) is 19.7 Å². The van der Waals surface area contributed by atoms with E-state index in [9.17, 15) is 0 Å². The zero-order valence-electron chi connectivity index (χ0n) is 15.8. The standard InChI is InChI=1S/C22H17ClN6O/c23-15-8-10-16(11-9-15)26-20-19-14-25-29(17-5-2-1-3-6-17)21(19)28-22(27-20)24-13-18-7-4-12-30-18/h1-12,14H,13H2,(H2,24,26,27,28). The van der Waals surface area contributed by atoms with Gasteiger partial charge in [-0.15, -0.1) is 0 Å². The van der Waals surface area contributed by atoms with E-state index in [-0.39, 0.29) is 0 Å². The molecule has 0 radical (unpaired) electrons. The van der Waals surface area contributed by atoms with Crippen molar-refractivity contribution in [3.8, 4) is 5.69 Å². The second kappa shape index (κ2) is 7.88. The van der Waals surface area contributed by atoms with Gasteiger partial charge in [0.05, 0.1) is 30.1 Å². The summed E-state index contributed by atoms with van der Waals surface area (Å²) in [6.45, 7) is 0.471. The van der Waals surface area contributed by atoms with Crippen LogP contribution < -0.4 is 10.6 Å². The molecule has 0 aliphatic rings. The maximum absolute atomic E-state index is 6.01. The summed E-state index contributed by atoms with van der Waals surface area (Å²) in [4.78, 5) is 9.37. The van der Waals surface area contributed by atoms with Gasteiger partial charge >= 0.3 is 0 Å². The Hall–Kier alpha value is -3.84. The first-order chi connectivity index (χ1) is 14.8. The highest BCUT2D eigenvalue weighted by molar-refractivity contribution is 6.30. The summed E-state index contributed by atoms with van der Waals surface area (Å²) in [5, 5.41) is 12.6. The molecule has 148 valence electrons.